The van der Waals surface area contributed by atoms with Crippen LogP contribution in [-0.2, 0) is 4.74 Å². The van der Waals surface area contributed by atoms with E-state index < -0.39 is 0 Å². The minimum atomic E-state index is 0.0300. The lowest BCUT2D eigenvalue weighted by Gasteiger charge is -2.32. The molecule has 0 aromatic carbocycles. The Labute approximate surface area is 121 Å². The summed E-state index contributed by atoms with van der Waals surface area (Å²) in [6.07, 6.45) is 1.11. The molecular weight excluding hydrogens is 260 g/mol. The van der Waals surface area contributed by atoms with Gasteiger partial charge in [0.2, 0.25) is 0 Å². The predicted octanol–water partition coefficient (Wildman–Crippen LogP) is 2.58. The number of nitrogens with one attached hydrogen (secondary N) is 1. The number of hydrogen-bond donors (Lipinski definition) is 1. The maximum atomic E-state index is 12.3. The second-order valence-corrected chi connectivity index (χ2v) is 7.44. The quantitative estimate of drug-likeness (QED) is 0.868. The predicted molar refractivity (Wildman–Crippen MR) is 81.8 cm³/mol. The first-order valence-corrected chi connectivity index (χ1v) is 8.16. The van der Waals surface area contributed by atoms with Gasteiger partial charge in [0.1, 0.15) is 0 Å². The molecule has 1 rings (SSSR count). The third-order valence-corrected chi connectivity index (χ3v) is 4.63. The minimum Gasteiger partial charge on any atom is -0.379 e. The zero-order valence-corrected chi connectivity index (χ0v) is 13.7. The number of ether oxygens (including phenoxy) is 1. The van der Waals surface area contributed by atoms with Gasteiger partial charge in [-0.1, -0.05) is 20.8 Å². The van der Waals surface area contributed by atoms with E-state index in [0.717, 1.165) is 24.5 Å². The van der Waals surface area contributed by atoms with Crippen LogP contribution in [0.5, 0.6) is 0 Å². The molecule has 0 spiro atoms. The van der Waals surface area contributed by atoms with Crippen molar-refractivity contribution in [1.82, 2.24) is 10.2 Å². The summed E-state index contributed by atoms with van der Waals surface area (Å²) in [7, 11) is 1.70. The molecule has 2 amide bonds. The fourth-order valence-electron chi connectivity index (χ4n) is 2.22. The first kappa shape index (κ1) is 16.6. The Bertz CT molecular complexity index is 292. The Morgan fingerprint density at radius 2 is 2.16 bits per heavy atom. The Hall–Kier alpha value is -0.420. The van der Waals surface area contributed by atoms with Gasteiger partial charge < -0.3 is 15.0 Å². The normalized spacial score (nSPS) is 22.8. The van der Waals surface area contributed by atoms with Gasteiger partial charge >= 0.3 is 6.03 Å². The zero-order chi connectivity index (χ0) is 14.5. The van der Waals surface area contributed by atoms with Crippen molar-refractivity contribution in [3.8, 4) is 0 Å². The molecule has 0 unspecified atom stereocenters. The Morgan fingerprint density at radius 1 is 1.47 bits per heavy atom. The van der Waals surface area contributed by atoms with Crippen LogP contribution in [0.25, 0.3) is 0 Å². The molecule has 1 aliphatic heterocycles. The van der Waals surface area contributed by atoms with Crippen LogP contribution in [0.4, 0.5) is 4.79 Å². The lowest BCUT2D eigenvalue weighted by molar-refractivity contribution is 0.0183. The number of carbonyl (C=O) groups is 1. The average Bonchev–Trinajstić information content (AvgIpc) is 2.52. The monoisotopic (exact) mass is 288 g/mol. The third-order valence-electron chi connectivity index (χ3n) is 3.64. The van der Waals surface area contributed by atoms with Crippen LogP contribution in [0.15, 0.2) is 0 Å². The molecule has 0 aliphatic carbocycles. The van der Waals surface area contributed by atoms with Gasteiger partial charge in [0, 0.05) is 32.0 Å². The summed E-state index contributed by atoms with van der Waals surface area (Å²) >= 11 is 1.93. The topological polar surface area (TPSA) is 41.6 Å². The van der Waals surface area contributed by atoms with Gasteiger partial charge in [0.05, 0.1) is 6.10 Å². The SMILES string of the molecule is CO[C@H](CNC(=O)N1CCSCC[C@@H]1C)C(C)(C)C. The molecule has 0 aromatic rings. The second kappa shape index (κ2) is 7.39. The molecule has 2 atom stereocenters. The van der Waals surface area contributed by atoms with Crippen molar-refractivity contribution in [2.45, 2.75) is 46.3 Å². The third kappa shape index (κ3) is 5.22. The fraction of sp³-hybridized carbons (Fsp3) is 0.929. The van der Waals surface area contributed by atoms with Crippen molar-refractivity contribution < 1.29 is 9.53 Å². The van der Waals surface area contributed by atoms with E-state index in [2.05, 4.69) is 33.0 Å². The summed E-state index contributed by atoms with van der Waals surface area (Å²) in [5.41, 5.74) is 0.0300. The average molecular weight is 288 g/mol. The number of carbonyl (C=O) groups excluding carboxylic acids is 1. The van der Waals surface area contributed by atoms with E-state index in [1.165, 1.54) is 0 Å². The van der Waals surface area contributed by atoms with Crippen molar-refractivity contribution in [3.63, 3.8) is 0 Å². The number of urea groups is 1. The Balaban J connectivity index is 2.49. The molecule has 1 heterocycles. The highest BCUT2D eigenvalue weighted by Crippen LogP contribution is 2.21. The van der Waals surface area contributed by atoms with E-state index in [4.69, 9.17) is 4.74 Å². The van der Waals surface area contributed by atoms with Gasteiger partial charge in [-0.25, -0.2) is 4.79 Å². The summed E-state index contributed by atoms with van der Waals surface area (Å²) in [4.78, 5) is 14.2. The summed E-state index contributed by atoms with van der Waals surface area (Å²) in [5, 5.41) is 3.02. The van der Waals surface area contributed by atoms with Gasteiger partial charge in [0.25, 0.3) is 0 Å². The summed E-state index contributed by atoms with van der Waals surface area (Å²) in [6, 6.07) is 0.368. The molecule has 1 aliphatic rings. The van der Waals surface area contributed by atoms with Crippen LogP contribution >= 0.6 is 11.8 Å². The molecule has 0 aromatic heterocycles. The molecular formula is C14H28N2O2S. The lowest BCUT2D eigenvalue weighted by Crippen LogP contribution is -2.49. The number of nitrogens with zero attached hydrogens (tertiary/aromatic N) is 1. The molecule has 0 radical (unpaired) electrons. The van der Waals surface area contributed by atoms with Gasteiger partial charge in [-0.3, -0.25) is 0 Å². The smallest absolute Gasteiger partial charge is 0.317 e. The van der Waals surface area contributed by atoms with Gasteiger partial charge in [-0.05, 0) is 24.5 Å². The fourth-order valence-corrected chi connectivity index (χ4v) is 3.26. The first-order chi connectivity index (χ1) is 8.86. The zero-order valence-electron chi connectivity index (χ0n) is 12.9. The van der Waals surface area contributed by atoms with Crippen LogP contribution in [0, 0.1) is 5.41 Å². The number of hydrogen-bond acceptors (Lipinski definition) is 3. The maximum Gasteiger partial charge on any atom is 0.317 e. The van der Waals surface area contributed by atoms with Gasteiger partial charge in [-0.2, -0.15) is 11.8 Å². The number of thioether (sulfide) groups is 1. The first-order valence-electron chi connectivity index (χ1n) is 7.01. The summed E-state index contributed by atoms with van der Waals surface area (Å²) in [6.45, 7) is 9.90. The molecule has 112 valence electrons. The molecule has 1 N–H and O–H groups in total. The minimum absolute atomic E-state index is 0.0300. The highest BCUT2D eigenvalue weighted by molar-refractivity contribution is 7.99. The van der Waals surface area contributed by atoms with Crippen molar-refractivity contribution in [1.29, 1.82) is 0 Å². The number of amides is 2. The molecule has 0 bridgehead atoms. The Kier molecular flexibility index (Phi) is 6.47. The molecule has 1 saturated heterocycles. The van der Waals surface area contributed by atoms with E-state index in [1.807, 2.05) is 16.7 Å². The maximum absolute atomic E-state index is 12.3. The lowest BCUT2D eigenvalue weighted by atomic mass is 9.89. The summed E-state index contributed by atoms with van der Waals surface area (Å²) < 4.78 is 5.47. The van der Waals surface area contributed by atoms with Crippen LogP contribution in [0.3, 0.4) is 0 Å². The van der Waals surface area contributed by atoms with E-state index in [0.29, 0.717) is 12.6 Å². The second-order valence-electron chi connectivity index (χ2n) is 6.22. The summed E-state index contributed by atoms with van der Waals surface area (Å²) in [5.74, 6) is 2.18. The van der Waals surface area contributed by atoms with Crippen LogP contribution in [-0.4, -0.2) is 54.8 Å². The van der Waals surface area contributed by atoms with Crippen LogP contribution in [0.2, 0.25) is 0 Å². The van der Waals surface area contributed by atoms with Crippen molar-refractivity contribution in [2.75, 3.05) is 31.7 Å². The van der Waals surface area contributed by atoms with Gasteiger partial charge in [0.15, 0.2) is 0 Å². The molecule has 0 saturated carbocycles. The van der Waals surface area contributed by atoms with E-state index in [-0.39, 0.29) is 17.6 Å². The molecule has 1 fully saturated rings. The van der Waals surface area contributed by atoms with Crippen molar-refractivity contribution >= 4 is 17.8 Å². The Morgan fingerprint density at radius 3 is 2.74 bits per heavy atom. The standard InChI is InChI=1S/C14H28N2O2S/c1-11-6-8-19-9-7-16(11)13(17)15-10-12(18-5)14(2,3)4/h11-12H,6-10H2,1-5H3,(H,15,17)/t11-,12+/m0/s1. The molecule has 19 heavy (non-hydrogen) atoms. The highest BCUT2D eigenvalue weighted by atomic mass is 32.2. The van der Waals surface area contributed by atoms with E-state index in [1.54, 1.807) is 7.11 Å². The van der Waals surface area contributed by atoms with Crippen molar-refractivity contribution in [3.05, 3.63) is 0 Å². The molecule has 4 nitrogen and oxygen atoms in total. The van der Waals surface area contributed by atoms with Crippen LogP contribution < -0.4 is 5.32 Å². The van der Waals surface area contributed by atoms with Gasteiger partial charge in [-0.15, -0.1) is 0 Å². The van der Waals surface area contributed by atoms with E-state index in [9.17, 15) is 4.79 Å². The number of rotatable bonds is 3. The number of methoxy groups -OCH3 is 1. The largest absolute Gasteiger partial charge is 0.379 e. The van der Waals surface area contributed by atoms with Crippen LogP contribution in [0.1, 0.15) is 34.1 Å². The van der Waals surface area contributed by atoms with E-state index >= 15 is 0 Å². The van der Waals surface area contributed by atoms with Crippen molar-refractivity contribution in [2.24, 2.45) is 5.41 Å². The highest BCUT2D eigenvalue weighted by Gasteiger charge is 2.27. The molecule has 5 heteroatoms.